The van der Waals surface area contributed by atoms with Crippen molar-refractivity contribution in [3.63, 3.8) is 0 Å². The number of hydrogen-bond acceptors (Lipinski definition) is 21. The summed E-state index contributed by atoms with van der Waals surface area (Å²) in [4.78, 5) is 121. The van der Waals surface area contributed by atoms with E-state index >= 15 is 0 Å². The van der Waals surface area contributed by atoms with Gasteiger partial charge in [0.2, 0.25) is 0 Å². The number of carbonyl (C=O) groups excluding carboxylic acids is 3. The Morgan fingerprint density at radius 1 is 0.474 bits per heavy atom. The largest absolute Gasteiger partial charge is 0.382 e. The first-order valence-electron chi connectivity index (χ1n) is 22.0. The number of nitrogens with zero attached hydrogens (tertiary/aromatic N) is 15. The number of carbonyl (C=O) groups is 3. The van der Waals surface area contributed by atoms with Crippen LogP contribution in [0.15, 0.2) is 93.6 Å². The maximum absolute atomic E-state index is 12.9. The Balaban J connectivity index is 0.000000130. The van der Waals surface area contributed by atoms with Gasteiger partial charge in [-0.1, -0.05) is 34.8 Å². The van der Waals surface area contributed by atoms with Crippen molar-refractivity contribution in [1.82, 2.24) is 89.5 Å². The van der Waals surface area contributed by atoms with Crippen LogP contribution in [0.4, 0.5) is 28.8 Å². The fraction of sp³-hybridized carbons (Fsp3) is 0.200. The summed E-state index contributed by atoms with van der Waals surface area (Å²) >= 11 is 21.5. The van der Waals surface area contributed by atoms with Crippen LogP contribution in [0, 0.1) is 0 Å². The summed E-state index contributed by atoms with van der Waals surface area (Å²) in [7, 11) is 0. The smallest absolute Gasteiger partial charge is 0.276 e. The highest BCUT2D eigenvalue weighted by Gasteiger charge is 2.40. The van der Waals surface area contributed by atoms with Gasteiger partial charge in [0, 0.05) is 0 Å². The van der Waals surface area contributed by atoms with E-state index in [4.69, 9.17) is 40.5 Å². The first kappa shape index (κ1) is 52.1. The number of nitrogens with two attached hydrogens (primary N) is 1. The molecular weight excluding hydrogens is 1120 g/mol. The molecule has 31 heteroatoms. The molecule has 3 aliphatic rings. The summed E-state index contributed by atoms with van der Waals surface area (Å²) in [6.07, 6.45) is 12.9. The summed E-state index contributed by atoms with van der Waals surface area (Å²) in [5, 5.41) is 14.6. The number of aromatic nitrogens is 15. The van der Waals surface area contributed by atoms with Crippen LogP contribution in [0.1, 0.15) is 73.0 Å². The Bertz CT molecular complexity index is 3910. The van der Waals surface area contributed by atoms with Gasteiger partial charge >= 0.3 is 0 Å². The van der Waals surface area contributed by atoms with Gasteiger partial charge in [0.15, 0.2) is 17.5 Å². The fourth-order valence-electron chi connectivity index (χ4n) is 8.20. The van der Waals surface area contributed by atoms with E-state index in [-0.39, 0.29) is 66.8 Å². The summed E-state index contributed by atoms with van der Waals surface area (Å²) < 4.78 is 4.37. The first-order chi connectivity index (χ1) is 36.0. The van der Waals surface area contributed by atoms with Gasteiger partial charge < -0.3 is 32.3 Å². The van der Waals surface area contributed by atoms with E-state index in [1.165, 1.54) is 69.9 Å². The Kier molecular flexibility index (Phi) is 13.6. The van der Waals surface area contributed by atoms with Crippen molar-refractivity contribution >= 4 is 130 Å². The monoisotopic (exact) mass is 1150 g/mol. The zero-order valence-corrected chi connectivity index (χ0v) is 44.0. The maximum Gasteiger partial charge on any atom is 0.276 e. The number of anilines is 5. The lowest BCUT2D eigenvalue weighted by atomic mass is 10.2. The molecule has 386 valence electrons. The lowest BCUT2D eigenvalue weighted by Crippen LogP contribution is -2.42. The molecule has 0 saturated heterocycles. The van der Waals surface area contributed by atoms with E-state index in [1.54, 1.807) is 60.1 Å². The number of nitrogens with one attached hydrogen (secondary N) is 5. The molecule has 0 aliphatic carbocycles. The fourth-order valence-corrected chi connectivity index (χ4v) is 9.58. The minimum Gasteiger partial charge on any atom is -0.382 e. The Hall–Kier alpha value is -8.73. The quantitative estimate of drug-likeness (QED) is 0.141. The molecule has 0 bridgehead atoms. The standard InChI is InChI=1S/2C15H12ClN7O2.C9H8BrClN2O2.C6H5N5/c2*1-15(2)22-13(24)11-7(16)3-8(14(25)23(11)15)21-12-10-9(18-6-20-12)4-17-5-19-10;1-9(2)12-7(14)6-5(11)3-4(10)8(15)13(6)9;7-6-5-4(9-3-11-6)1-8-2-10-5/h2*3-6H,1-2H3,(H,22,24)(H,18,20,21);3H,1-2H3,(H,12,14);1-3H,(H2,7,9,11). The minimum atomic E-state index is -0.888. The molecule has 27 nitrogen and oxygen atoms in total. The van der Waals surface area contributed by atoms with E-state index < -0.39 is 28.1 Å². The molecule has 9 aromatic heterocycles. The summed E-state index contributed by atoms with van der Waals surface area (Å²) in [5.41, 5.74) is 6.04. The van der Waals surface area contributed by atoms with Crippen LogP contribution < -0.4 is 49.0 Å². The third-order valence-electron chi connectivity index (χ3n) is 11.4. The van der Waals surface area contributed by atoms with Gasteiger partial charge in [-0.05, 0) is 75.7 Å². The molecule has 0 fully saturated rings. The van der Waals surface area contributed by atoms with Gasteiger partial charge in [-0.3, -0.25) is 42.5 Å². The van der Waals surface area contributed by atoms with Crippen molar-refractivity contribution in [3.8, 4) is 0 Å². The van der Waals surface area contributed by atoms with E-state index in [2.05, 4.69) is 102 Å². The van der Waals surface area contributed by atoms with Crippen molar-refractivity contribution in [1.29, 1.82) is 0 Å². The van der Waals surface area contributed by atoms with Gasteiger partial charge in [0.25, 0.3) is 34.4 Å². The van der Waals surface area contributed by atoms with Crippen LogP contribution in [0.2, 0.25) is 15.1 Å². The van der Waals surface area contributed by atoms with Gasteiger partial charge in [-0.2, -0.15) is 0 Å². The number of rotatable bonds is 4. The van der Waals surface area contributed by atoms with Crippen LogP contribution in [0.5, 0.6) is 0 Å². The molecule has 0 aromatic carbocycles. The number of halogens is 4. The maximum atomic E-state index is 12.9. The molecule has 0 atom stereocenters. The first-order valence-corrected chi connectivity index (χ1v) is 23.9. The number of amides is 3. The lowest BCUT2D eigenvalue weighted by Gasteiger charge is -2.22. The second-order valence-corrected chi connectivity index (χ2v) is 20.0. The molecule has 9 aromatic rings. The molecule has 7 N–H and O–H groups in total. The second-order valence-electron chi connectivity index (χ2n) is 17.9. The van der Waals surface area contributed by atoms with E-state index in [0.717, 1.165) is 0 Å². The van der Waals surface area contributed by atoms with E-state index in [1.807, 2.05) is 0 Å². The van der Waals surface area contributed by atoms with Gasteiger partial charge in [0.05, 0.1) is 38.1 Å². The topological polar surface area (TPSA) is 358 Å². The van der Waals surface area contributed by atoms with Crippen molar-refractivity contribution in [2.45, 2.75) is 58.5 Å². The number of fused-ring (bicyclic) bond motifs is 6. The molecule has 0 radical (unpaired) electrons. The van der Waals surface area contributed by atoms with Crippen molar-refractivity contribution < 1.29 is 14.4 Å². The number of hydrogen-bond donors (Lipinski definition) is 6. The molecule has 0 spiro atoms. The molecule has 0 saturated carbocycles. The Morgan fingerprint density at radius 3 is 1.21 bits per heavy atom. The molecular formula is C45H37BrCl3N21O6. The molecule has 3 amide bonds. The molecule has 12 heterocycles. The predicted octanol–water partition coefficient (Wildman–Crippen LogP) is 4.53. The van der Waals surface area contributed by atoms with Crippen LogP contribution in [-0.2, 0) is 17.0 Å². The summed E-state index contributed by atoms with van der Waals surface area (Å²) in [6.45, 7) is 10.4. The summed E-state index contributed by atoms with van der Waals surface area (Å²) in [6, 6.07) is 4.26. The van der Waals surface area contributed by atoms with Crippen LogP contribution in [0.3, 0.4) is 0 Å². The number of nitrogen functional groups attached to an aromatic ring is 1. The Labute approximate surface area is 449 Å². The molecule has 3 aliphatic heterocycles. The average molecular weight is 1150 g/mol. The van der Waals surface area contributed by atoms with Crippen LogP contribution in [0.25, 0.3) is 33.1 Å². The van der Waals surface area contributed by atoms with Gasteiger partial charge in [-0.25, -0.2) is 59.8 Å². The third kappa shape index (κ3) is 9.64. The van der Waals surface area contributed by atoms with E-state index in [9.17, 15) is 28.8 Å². The van der Waals surface area contributed by atoms with Crippen LogP contribution in [-0.4, -0.2) is 91.2 Å². The third-order valence-corrected chi connectivity index (χ3v) is 12.9. The Morgan fingerprint density at radius 2 is 0.816 bits per heavy atom. The van der Waals surface area contributed by atoms with Crippen molar-refractivity contribution in [2.75, 3.05) is 16.4 Å². The molecule has 0 unspecified atom stereocenters. The highest BCUT2D eigenvalue weighted by molar-refractivity contribution is 9.10. The molecule has 76 heavy (non-hydrogen) atoms. The average Bonchev–Trinajstić information content (AvgIpc) is 3.90. The lowest BCUT2D eigenvalue weighted by molar-refractivity contribution is 0.0925. The van der Waals surface area contributed by atoms with Gasteiger partial charge in [-0.15, -0.1) is 0 Å². The van der Waals surface area contributed by atoms with Crippen LogP contribution >= 0.6 is 50.7 Å². The zero-order chi connectivity index (χ0) is 54.6. The van der Waals surface area contributed by atoms with Gasteiger partial charge in [0.1, 0.15) is 117 Å². The molecule has 12 rings (SSSR count). The normalized spacial score (nSPS) is 14.8. The highest BCUT2D eigenvalue weighted by atomic mass is 79.9. The zero-order valence-electron chi connectivity index (χ0n) is 40.2. The second kappa shape index (κ2) is 19.8. The van der Waals surface area contributed by atoms with Crippen molar-refractivity contribution in [2.24, 2.45) is 0 Å². The minimum absolute atomic E-state index is 0.136. The summed E-state index contributed by atoms with van der Waals surface area (Å²) in [5.74, 6) is -0.0304. The highest BCUT2D eigenvalue weighted by Crippen LogP contribution is 2.32. The number of pyridine rings is 3. The SMILES string of the molecule is CC1(C)NC(=O)c2c(Cl)cc(Br)c(=O)n21.CC1(C)NC(=O)c2c(Cl)cc(Nc3ncnc4cncnc34)c(=O)n21.CC1(C)NC(=O)c2c(Cl)cc(Nc3ncnc4cncnc34)c(=O)n21.Nc1ncnc2cncnc12. The van der Waals surface area contributed by atoms with Crippen molar-refractivity contribution in [3.05, 3.63) is 142 Å². The predicted molar refractivity (Wildman–Crippen MR) is 282 cm³/mol. The van der Waals surface area contributed by atoms with E-state index in [0.29, 0.717) is 55.0 Å².